The van der Waals surface area contributed by atoms with Crippen LogP contribution < -0.4 is 19.7 Å². The molecule has 14 nitrogen and oxygen atoms in total. The molecule has 0 amide bonds. The first-order valence-corrected chi connectivity index (χ1v) is 20.1. The number of carbonyl (C=O) groups excluding carboxylic acids is 1. The maximum absolute atomic E-state index is 15.7. The highest BCUT2D eigenvalue weighted by Crippen LogP contribution is 2.50. The summed E-state index contributed by atoms with van der Waals surface area (Å²) in [6, 6.07) is 23.8. The van der Waals surface area contributed by atoms with Crippen LogP contribution in [0.25, 0.3) is 5.76 Å². The molecule has 1 atom stereocenters. The molecule has 0 saturated carbocycles. The third-order valence-electron chi connectivity index (χ3n) is 9.30. The van der Waals surface area contributed by atoms with E-state index in [1.54, 1.807) is 48.5 Å². The number of fused-ring (bicyclic) bond motifs is 2. The van der Waals surface area contributed by atoms with Gasteiger partial charge in [-0.1, -0.05) is 63.2 Å². The fourth-order valence-electron chi connectivity index (χ4n) is 6.82. The average Bonchev–Trinajstić information content (AvgIpc) is 3.10. The fraction of sp³-hybridized carbons (Fsp3) is 0.263. The van der Waals surface area contributed by atoms with Crippen LogP contribution in [0.2, 0.25) is 0 Å². The maximum atomic E-state index is 15.7. The van der Waals surface area contributed by atoms with E-state index in [0.717, 1.165) is 12.3 Å². The topological polar surface area (TPSA) is 198 Å². The van der Waals surface area contributed by atoms with Gasteiger partial charge in [-0.2, -0.15) is 8.42 Å². The summed E-state index contributed by atoms with van der Waals surface area (Å²) < 4.78 is 63.2. The first-order chi connectivity index (χ1) is 25.3. The third kappa shape index (κ3) is 7.26. The number of ketones is 1. The van der Waals surface area contributed by atoms with E-state index in [0.29, 0.717) is 29.0 Å². The number of anilines is 3. The zero-order chi connectivity index (χ0) is 39.2. The lowest BCUT2D eigenvalue weighted by Crippen LogP contribution is -2.56. The van der Waals surface area contributed by atoms with Crippen LogP contribution >= 0.6 is 0 Å². The lowest BCUT2D eigenvalue weighted by Gasteiger charge is -2.48. The molecule has 16 heteroatoms. The van der Waals surface area contributed by atoms with Crippen LogP contribution in [0.1, 0.15) is 50.3 Å². The molecule has 0 saturated heterocycles. The van der Waals surface area contributed by atoms with Gasteiger partial charge in [-0.05, 0) is 60.2 Å². The van der Waals surface area contributed by atoms with Gasteiger partial charge in [0.1, 0.15) is 27.5 Å². The Hall–Kier alpha value is -5.74. The molecule has 0 bridgehead atoms. The molecule has 1 aliphatic heterocycles. The van der Waals surface area contributed by atoms with Crippen LogP contribution in [0.15, 0.2) is 106 Å². The highest BCUT2D eigenvalue weighted by molar-refractivity contribution is 7.92. The zero-order valence-corrected chi connectivity index (χ0v) is 31.8. The number of non-ortho nitro benzene ring substituents is 1. The second kappa shape index (κ2) is 13.9. The van der Waals surface area contributed by atoms with Crippen LogP contribution in [0.5, 0.6) is 5.75 Å². The SMILES string of the molecule is COc1ccc([N+](=O)[O-])cc1CN(c1ccccc1)C1(CCC(C)(C)C)C(=O)C(C2=NS(=O)(=O)c3cc(NS(C)(=O)=O)ccc3N2)=C(O)c2ccccc21. The Labute approximate surface area is 313 Å². The molecule has 0 radical (unpaired) electrons. The lowest BCUT2D eigenvalue weighted by molar-refractivity contribution is -0.384. The number of aliphatic hydroxyl groups excluding tert-OH is 1. The minimum absolute atomic E-state index is 0.00699. The highest BCUT2D eigenvalue weighted by Gasteiger charge is 2.54. The molecule has 3 N–H and O–H groups in total. The van der Waals surface area contributed by atoms with Crippen molar-refractivity contribution in [3.63, 3.8) is 0 Å². The first-order valence-electron chi connectivity index (χ1n) is 16.8. The van der Waals surface area contributed by atoms with Crippen molar-refractivity contribution in [1.82, 2.24) is 0 Å². The highest BCUT2D eigenvalue weighted by atomic mass is 32.2. The Balaban J connectivity index is 1.61. The molecule has 0 aromatic heterocycles. The van der Waals surface area contributed by atoms with Crippen molar-refractivity contribution in [2.75, 3.05) is 28.3 Å². The summed E-state index contributed by atoms with van der Waals surface area (Å²) in [5.41, 5.74) is -0.895. The molecular formula is C38H39N5O9S2. The van der Waals surface area contributed by atoms with Gasteiger partial charge in [0.05, 0.1) is 24.0 Å². The number of benzene rings is 4. The Kier molecular flexibility index (Phi) is 9.79. The molecule has 4 aromatic rings. The molecule has 1 heterocycles. The molecule has 6 rings (SSSR count). The van der Waals surface area contributed by atoms with Crippen LogP contribution in [0.3, 0.4) is 0 Å². The van der Waals surface area contributed by atoms with Crippen molar-refractivity contribution in [1.29, 1.82) is 0 Å². The number of nitro groups is 1. The summed E-state index contributed by atoms with van der Waals surface area (Å²) in [7, 11) is -6.85. The van der Waals surface area contributed by atoms with E-state index in [2.05, 4.69) is 14.4 Å². The molecule has 2 aliphatic rings. The van der Waals surface area contributed by atoms with Gasteiger partial charge in [-0.15, -0.1) is 4.40 Å². The van der Waals surface area contributed by atoms with E-state index >= 15 is 4.79 Å². The predicted molar refractivity (Wildman–Crippen MR) is 207 cm³/mol. The standard InChI is InChI=1S/C38H39N5O9S2/c1-37(2,3)19-20-38(42(26-11-7-6-8-12-26)23-24-21-27(43(46)47)16-18-31(24)52-4)29-14-10-9-13-28(29)34(44)33(35(38)45)36-39-30-17-15-25(40-53(5,48)49)22-32(30)54(50,51)41-36/h6-18,21-22,40,44H,19-20,23H2,1-5H3,(H,39,41). The predicted octanol–water partition coefficient (Wildman–Crippen LogP) is 6.77. The van der Waals surface area contributed by atoms with E-state index in [4.69, 9.17) is 4.74 Å². The number of aliphatic hydroxyl groups is 1. The minimum atomic E-state index is -4.56. The van der Waals surface area contributed by atoms with E-state index in [1.807, 2.05) is 31.7 Å². The van der Waals surface area contributed by atoms with Crippen molar-refractivity contribution in [2.24, 2.45) is 9.81 Å². The van der Waals surface area contributed by atoms with Gasteiger partial charge in [0.2, 0.25) is 10.0 Å². The number of amidine groups is 1. The summed E-state index contributed by atoms with van der Waals surface area (Å²) in [6.07, 6.45) is 1.55. The number of nitro benzene ring substituents is 1. The van der Waals surface area contributed by atoms with Gasteiger partial charge in [-0.3, -0.25) is 19.6 Å². The third-order valence-corrected chi connectivity index (χ3v) is 11.2. The minimum Gasteiger partial charge on any atom is -0.506 e. The van der Waals surface area contributed by atoms with Crippen molar-refractivity contribution in [3.05, 3.63) is 123 Å². The molecule has 282 valence electrons. The van der Waals surface area contributed by atoms with Crippen LogP contribution in [0.4, 0.5) is 22.7 Å². The van der Waals surface area contributed by atoms with Crippen molar-refractivity contribution >= 4 is 60.2 Å². The fourth-order valence-corrected chi connectivity index (χ4v) is 8.52. The Morgan fingerprint density at radius 1 is 1.02 bits per heavy atom. The number of rotatable bonds is 11. The zero-order valence-electron chi connectivity index (χ0n) is 30.2. The van der Waals surface area contributed by atoms with Gasteiger partial charge < -0.3 is 20.1 Å². The summed E-state index contributed by atoms with van der Waals surface area (Å²) >= 11 is 0. The summed E-state index contributed by atoms with van der Waals surface area (Å²) in [5.74, 6) is -1.25. The number of para-hydroxylation sites is 1. The van der Waals surface area contributed by atoms with E-state index < -0.39 is 47.9 Å². The molecule has 0 fully saturated rings. The number of nitrogens with zero attached hydrogens (tertiary/aromatic N) is 3. The largest absolute Gasteiger partial charge is 0.506 e. The average molecular weight is 774 g/mol. The van der Waals surface area contributed by atoms with Crippen molar-refractivity contribution in [3.8, 4) is 5.75 Å². The molecular weight excluding hydrogens is 735 g/mol. The normalized spacial score (nSPS) is 17.8. The Morgan fingerprint density at radius 3 is 2.35 bits per heavy atom. The summed E-state index contributed by atoms with van der Waals surface area (Å²) in [6.45, 7) is 5.99. The second-order valence-corrected chi connectivity index (χ2v) is 17.6. The van der Waals surface area contributed by atoms with Gasteiger partial charge in [0.15, 0.2) is 11.6 Å². The summed E-state index contributed by atoms with van der Waals surface area (Å²) in [4.78, 5) is 28.6. The van der Waals surface area contributed by atoms with Crippen LogP contribution in [0, 0.1) is 15.5 Å². The van der Waals surface area contributed by atoms with Crippen LogP contribution in [-0.2, 0) is 36.9 Å². The molecule has 1 unspecified atom stereocenters. The number of carbonyl (C=O) groups is 1. The number of Topliss-reactive ketones (excluding diaryl/α,β-unsaturated/α-hetero) is 1. The molecule has 0 spiro atoms. The molecule has 4 aromatic carbocycles. The maximum Gasteiger partial charge on any atom is 0.286 e. The molecule has 54 heavy (non-hydrogen) atoms. The summed E-state index contributed by atoms with van der Waals surface area (Å²) in [5, 5.41) is 26.8. The van der Waals surface area contributed by atoms with E-state index in [1.165, 1.54) is 37.4 Å². The number of hydrogen-bond acceptors (Lipinski definition) is 11. The van der Waals surface area contributed by atoms with Gasteiger partial charge in [0.25, 0.3) is 15.7 Å². The van der Waals surface area contributed by atoms with Crippen molar-refractivity contribution < 1.29 is 36.4 Å². The quantitative estimate of drug-likeness (QED) is 0.107. The van der Waals surface area contributed by atoms with Crippen molar-refractivity contribution in [2.45, 2.75) is 50.6 Å². The second-order valence-electron chi connectivity index (χ2n) is 14.3. The molecule has 1 aliphatic carbocycles. The van der Waals surface area contributed by atoms with E-state index in [-0.39, 0.29) is 51.5 Å². The van der Waals surface area contributed by atoms with Gasteiger partial charge >= 0.3 is 0 Å². The van der Waals surface area contributed by atoms with Gasteiger partial charge in [0, 0.05) is 41.2 Å². The first kappa shape index (κ1) is 38.0. The van der Waals surface area contributed by atoms with Crippen LogP contribution in [-0.4, -0.2) is 51.8 Å². The number of ether oxygens (including phenoxy) is 1. The monoisotopic (exact) mass is 773 g/mol. The number of nitrogens with one attached hydrogen (secondary N) is 2. The number of methoxy groups -OCH3 is 1. The Bertz CT molecular complexity index is 2460. The smallest absolute Gasteiger partial charge is 0.286 e. The number of hydrogen-bond donors (Lipinski definition) is 3. The van der Waals surface area contributed by atoms with Gasteiger partial charge in [-0.25, -0.2) is 8.42 Å². The Morgan fingerprint density at radius 2 is 1.70 bits per heavy atom. The lowest BCUT2D eigenvalue weighted by atomic mass is 9.68. The van der Waals surface area contributed by atoms with E-state index in [9.17, 15) is 32.1 Å². The number of sulfonamides is 2.